The third-order valence-corrected chi connectivity index (χ3v) is 9.24. The molecule has 0 radical (unpaired) electrons. The predicted octanol–water partition coefficient (Wildman–Crippen LogP) is 1.29. The number of hydrogen-bond acceptors (Lipinski definition) is 11. The fourth-order valence-corrected chi connectivity index (χ4v) is 6.38. The first-order chi connectivity index (χ1) is 20.3. The molecule has 0 saturated heterocycles. The summed E-state index contributed by atoms with van der Waals surface area (Å²) in [6, 6.07) is 5.88. The quantitative estimate of drug-likeness (QED) is 0.0396. The van der Waals surface area contributed by atoms with Crippen molar-refractivity contribution in [2.45, 2.75) is 71.1 Å². The van der Waals surface area contributed by atoms with Gasteiger partial charge in [0.1, 0.15) is 6.54 Å². The van der Waals surface area contributed by atoms with E-state index in [1.807, 2.05) is 56.4 Å². The summed E-state index contributed by atoms with van der Waals surface area (Å²) in [6.07, 6.45) is 10.5. The van der Waals surface area contributed by atoms with Crippen molar-refractivity contribution in [3.05, 3.63) is 59.8 Å². The van der Waals surface area contributed by atoms with Gasteiger partial charge in [0.2, 0.25) is 5.69 Å². The van der Waals surface area contributed by atoms with Crippen molar-refractivity contribution in [1.29, 1.82) is 0 Å². The van der Waals surface area contributed by atoms with Gasteiger partial charge >= 0.3 is 35.5 Å². The van der Waals surface area contributed by atoms with Crippen molar-refractivity contribution in [1.82, 2.24) is 5.01 Å². The van der Waals surface area contributed by atoms with Crippen LogP contribution in [0.4, 0.5) is 5.69 Å². The first-order valence-electron chi connectivity index (χ1n) is 14.2. The summed E-state index contributed by atoms with van der Waals surface area (Å²) >= 11 is 0.865. The number of carbonyl (C=O) groups is 1. The molecule has 3 rings (SSSR count). The molecule has 0 amide bonds. The Morgan fingerprint density at radius 2 is 1.91 bits per heavy atom. The summed E-state index contributed by atoms with van der Waals surface area (Å²) in [6.45, 7) is 13.3. The fourth-order valence-electron chi connectivity index (χ4n) is 5.50. The van der Waals surface area contributed by atoms with Crippen LogP contribution < -0.4 is 34.8 Å². The van der Waals surface area contributed by atoms with Gasteiger partial charge in [-0.15, -0.1) is 0 Å². The molecule has 1 aromatic rings. The molecule has 2 heterocycles. The van der Waals surface area contributed by atoms with Crippen LogP contribution in [0.1, 0.15) is 66.4 Å². The van der Waals surface area contributed by atoms with Gasteiger partial charge in [-0.05, 0) is 72.6 Å². The van der Waals surface area contributed by atoms with E-state index in [1.54, 1.807) is 11.9 Å². The minimum absolute atomic E-state index is 0. The molecule has 2 aliphatic heterocycles. The number of rotatable bonds is 15. The summed E-state index contributed by atoms with van der Waals surface area (Å²) in [7, 11) is -4.34. The Morgan fingerprint density at radius 3 is 2.55 bits per heavy atom. The zero-order valence-corrected chi connectivity index (χ0v) is 30.1. The summed E-state index contributed by atoms with van der Waals surface area (Å²) in [5.41, 5.74) is 4.00. The van der Waals surface area contributed by atoms with Crippen LogP contribution >= 0.6 is 12.0 Å². The summed E-state index contributed by atoms with van der Waals surface area (Å²) in [5, 5.41) is 20.1. The van der Waals surface area contributed by atoms with Crippen molar-refractivity contribution in [2.24, 2.45) is 10.5 Å². The largest absolute Gasteiger partial charge is 1.00 e. The zero-order valence-electron chi connectivity index (χ0n) is 26.5. The summed E-state index contributed by atoms with van der Waals surface area (Å²) in [4.78, 5) is 12.9. The zero-order chi connectivity index (χ0) is 31.8. The number of hydrogen-bond donors (Lipinski definition) is 0. The fraction of sp³-hybridized carbons (Fsp3) is 0.500. The number of esters is 1. The number of allylic oxidation sites excluding steroid dienone is 6. The van der Waals surface area contributed by atoms with Crippen LogP contribution in [0, 0.1) is 5.41 Å². The van der Waals surface area contributed by atoms with Crippen molar-refractivity contribution in [3.63, 3.8) is 0 Å². The molecule has 0 saturated carbocycles. The topological polar surface area (TPSA) is 144 Å². The van der Waals surface area contributed by atoms with E-state index in [9.17, 15) is 23.0 Å². The molecule has 1 aromatic carbocycles. The Morgan fingerprint density at radius 1 is 1.18 bits per heavy atom. The second-order valence-electron chi connectivity index (χ2n) is 11.0. The van der Waals surface area contributed by atoms with Crippen LogP contribution in [0.15, 0.2) is 64.3 Å². The molecule has 0 aromatic heterocycles. The third-order valence-electron chi connectivity index (χ3n) is 7.88. The van der Waals surface area contributed by atoms with Crippen molar-refractivity contribution in [2.75, 3.05) is 25.4 Å². The maximum atomic E-state index is 12.1. The maximum Gasteiger partial charge on any atom is 1.00 e. The average Bonchev–Trinajstić information content (AvgIpc) is 3.30. The number of benzene rings is 1. The van der Waals surface area contributed by atoms with Gasteiger partial charge in [-0.3, -0.25) is 14.8 Å². The first-order valence-corrected chi connectivity index (χ1v) is 16.5. The minimum Gasteiger partial charge on any atom is -0.748 e. The molecule has 0 N–H and O–H groups in total. The van der Waals surface area contributed by atoms with Crippen LogP contribution in [-0.4, -0.2) is 65.4 Å². The standard InChI is InChI=1S/C30H41N3O8S2.Na/c1-7-32-25-16-15-23(42-41-40-35)21-24(25)29(4,5)26(32)13-10-9-11-14-27-30(6,18-17-28(34)39-8-2)22(3)31-33(27)19-12-20-43(36,37)38;/h9-11,13-16,21H,7-8,12,17-20H2,1-6H3,(H-,35,36,37,38);/q;+1/p-1. The smallest absolute Gasteiger partial charge is 0.748 e. The van der Waals surface area contributed by atoms with Crippen LogP contribution in [0.2, 0.25) is 0 Å². The molecule has 2 aliphatic rings. The van der Waals surface area contributed by atoms with Gasteiger partial charge in [0.25, 0.3) is 0 Å². The molecule has 0 fully saturated rings. The van der Waals surface area contributed by atoms with Gasteiger partial charge in [-0.25, -0.2) is 8.42 Å². The van der Waals surface area contributed by atoms with Crippen LogP contribution in [0.3, 0.4) is 0 Å². The number of nitrogens with zero attached hydrogens (tertiary/aromatic N) is 3. The van der Waals surface area contributed by atoms with E-state index >= 15 is 0 Å². The van der Waals surface area contributed by atoms with Crippen molar-refractivity contribution < 1.29 is 71.3 Å². The summed E-state index contributed by atoms with van der Waals surface area (Å²) < 4.78 is 45.4. The van der Waals surface area contributed by atoms with Gasteiger partial charge in [0.15, 0.2) is 5.71 Å². The first kappa shape index (κ1) is 38.4. The predicted molar refractivity (Wildman–Crippen MR) is 162 cm³/mol. The van der Waals surface area contributed by atoms with Gasteiger partial charge in [0, 0.05) is 58.1 Å². The molecular formula is C30H40N3NaO8S2. The molecule has 236 valence electrons. The van der Waals surface area contributed by atoms with Crippen LogP contribution in [0.25, 0.3) is 0 Å². The van der Waals surface area contributed by atoms with Gasteiger partial charge < -0.3 is 14.5 Å². The second-order valence-corrected chi connectivity index (χ2v) is 13.3. The maximum absolute atomic E-state index is 12.1. The van der Waals surface area contributed by atoms with Gasteiger partial charge in [0.05, 0.1) is 34.2 Å². The number of carbonyl (C=O) groups excluding carboxylic acids is 1. The molecule has 0 bridgehead atoms. The van der Waals surface area contributed by atoms with Crippen LogP contribution in [0.5, 0.6) is 0 Å². The molecule has 0 spiro atoms. The van der Waals surface area contributed by atoms with Gasteiger partial charge in [-0.2, -0.15) is 14.0 Å². The molecule has 0 aliphatic carbocycles. The molecule has 1 unspecified atom stereocenters. The van der Waals surface area contributed by atoms with Crippen molar-refractivity contribution in [3.8, 4) is 0 Å². The normalized spacial score (nSPS) is 20.5. The molecular weight excluding hydrogens is 617 g/mol. The van der Waals surface area contributed by atoms with Gasteiger partial charge in [-0.1, -0.05) is 18.2 Å². The Kier molecular flexibility index (Phi) is 14.5. The number of fused-ring (bicyclic) bond motifs is 1. The van der Waals surface area contributed by atoms with E-state index in [4.69, 9.17) is 4.74 Å². The van der Waals surface area contributed by atoms with E-state index < -0.39 is 21.3 Å². The number of ether oxygens (including phenoxy) is 1. The van der Waals surface area contributed by atoms with Crippen LogP contribution in [-0.2, 0) is 34.4 Å². The second kappa shape index (κ2) is 16.7. The Labute approximate surface area is 286 Å². The Balaban J connectivity index is 0.00000675. The van der Waals surface area contributed by atoms with E-state index in [1.165, 1.54) is 0 Å². The van der Waals surface area contributed by atoms with E-state index in [0.29, 0.717) is 13.0 Å². The number of hydrazone groups is 1. The molecule has 44 heavy (non-hydrogen) atoms. The Bertz CT molecular complexity index is 1450. The minimum atomic E-state index is -4.34. The summed E-state index contributed by atoms with van der Waals surface area (Å²) in [5.74, 6) is -0.770. The average molecular weight is 658 g/mol. The monoisotopic (exact) mass is 657 g/mol. The third kappa shape index (κ3) is 9.36. The SMILES string of the molecule is CCOC(=O)CCC1(C)C(C)=NN(CCCS(=O)(=O)[O-])\C1=C/C=C/C=C/C1=[N+](CC)c2ccc(SOO[O-])cc2C1(C)C.[Na+]. The molecule has 14 heteroatoms. The molecule has 11 nitrogen and oxygen atoms in total. The molecule has 1 atom stereocenters. The van der Waals surface area contributed by atoms with Crippen molar-refractivity contribution >= 4 is 45.2 Å². The Hall–Kier alpha value is -1.81. The van der Waals surface area contributed by atoms with E-state index in [2.05, 4.69) is 45.9 Å². The van der Waals surface area contributed by atoms with E-state index in [0.717, 1.165) is 51.9 Å². The van der Waals surface area contributed by atoms with E-state index in [-0.39, 0.29) is 60.3 Å².